The smallest absolute Gasteiger partial charge is 0.225 e. The highest BCUT2D eigenvalue weighted by atomic mass is 16.5. The van der Waals surface area contributed by atoms with Gasteiger partial charge in [-0.25, -0.2) is 0 Å². The van der Waals surface area contributed by atoms with E-state index in [-0.39, 0.29) is 24.0 Å². The number of hydrogen-bond donors (Lipinski definition) is 1. The van der Waals surface area contributed by atoms with Crippen LogP contribution in [-0.2, 0) is 9.59 Å². The van der Waals surface area contributed by atoms with E-state index in [1.54, 1.807) is 26.4 Å². The molecule has 0 aromatic heterocycles. The SMILES string of the molecule is COc1ccc(OC)c([C@@H]2CC(=O)C3=C(C2)NC(=O)C[C@@H]3c2cc(OC)c(OC)c(OC)c2)c1. The van der Waals surface area contributed by atoms with Crippen LogP contribution in [0.25, 0.3) is 0 Å². The summed E-state index contributed by atoms with van der Waals surface area (Å²) in [6.45, 7) is 0. The molecule has 1 heterocycles. The Hall–Kier alpha value is -3.68. The lowest BCUT2D eigenvalue weighted by atomic mass is 9.73. The molecule has 0 unspecified atom stereocenters. The van der Waals surface area contributed by atoms with Gasteiger partial charge in [0.2, 0.25) is 11.7 Å². The molecule has 1 aliphatic carbocycles. The number of methoxy groups -OCH3 is 5. The third-order valence-electron chi connectivity index (χ3n) is 6.50. The minimum absolute atomic E-state index is 0.00475. The Labute approximate surface area is 198 Å². The van der Waals surface area contributed by atoms with E-state index in [2.05, 4.69) is 5.32 Å². The van der Waals surface area contributed by atoms with E-state index < -0.39 is 5.92 Å². The molecule has 2 aromatic rings. The van der Waals surface area contributed by atoms with Crippen molar-refractivity contribution in [3.63, 3.8) is 0 Å². The fourth-order valence-electron chi connectivity index (χ4n) is 4.93. The number of hydrogen-bond acceptors (Lipinski definition) is 7. The van der Waals surface area contributed by atoms with Gasteiger partial charge in [-0.15, -0.1) is 0 Å². The number of carbonyl (C=O) groups excluding carboxylic acids is 2. The van der Waals surface area contributed by atoms with Crippen LogP contribution < -0.4 is 29.0 Å². The second kappa shape index (κ2) is 9.67. The number of carbonyl (C=O) groups is 2. The molecule has 8 nitrogen and oxygen atoms in total. The van der Waals surface area contributed by atoms with E-state index in [4.69, 9.17) is 23.7 Å². The summed E-state index contributed by atoms with van der Waals surface area (Å²) in [5.74, 6) is 2.10. The Balaban J connectivity index is 1.77. The largest absolute Gasteiger partial charge is 0.497 e. The molecule has 1 N–H and O–H groups in total. The van der Waals surface area contributed by atoms with E-state index in [0.29, 0.717) is 52.9 Å². The van der Waals surface area contributed by atoms with Gasteiger partial charge in [0.25, 0.3) is 0 Å². The van der Waals surface area contributed by atoms with Crippen molar-refractivity contribution in [2.75, 3.05) is 35.5 Å². The molecule has 34 heavy (non-hydrogen) atoms. The standard InChI is InChI=1S/C26H29NO7/c1-30-16-6-7-21(31-2)17(12-16)14-8-19-25(20(28)9-14)18(13-24(29)27-19)15-10-22(32-3)26(34-5)23(11-15)33-4/h6-7,10-12,14,18H,8-9,13H2,1-5H3,(H,27,29)/t14-,18+/m0/s1. The first-order valence-electron chi connectivity index (χ1n) is 11.0. The number of ether oxygens (including phenoxy) is 5. The van der Waals surface area contributed by atoms with Crippen molar-refractivity contribution in [1.29, 1.82) is 0 Å². The lowest BCUT2D eigenvalue weighted by Crippen LogP contribution is -2.38. The van der Waals surface area contributed by atoms with Gasteiger partial charge in [0.1, 0.15) is 11.5 Å². The first-order valence-corrected chi connectivity index (χ1v) is 11.0. The lowest BCUT2D eigenvalue weighted by Gasteiger charge is -2.35. The van der Waals surface area contributed by atoms with Gasteiger partial charge in [0.05, 0.1) is 35.5 Å². The Morgan fingerprint density at radius 1 is 0.765 bits per heavy atom. The van der Waals surface area contributed by atoms with Gasteiger partial charge in [-0.3, -0.25) is 9.59 Å². The number of nitrogens with one attached hydrogen (secondary N) is 1. The molecule has 8 heteroatoms. The predicted octanol–water partition coefficient (Wildman–Crippen LogP) is 3.73. The molecule has 0 bridgehead atoms. The molecule has 2 atom stereocenters. The minimum Gasteiger partial charge on any atom is -0.497 e. The van der Waals surface area contributed by atoms with Crippen LogP contribution in [0.5, 0.6) is 28.7 Å². The monoisotopic (exact) mass is 467 g/mol. The van der Waals surface area contributed by atoms with Crippen molar-refractivity contribution in [1.82, 2.24) is 5.32 Å². The second-order valence-electron chi connectivity index (χ2n) is 8.29. The Kier molecular flexibility index (Phi) is 6.68. The maximum atomic E-state index is 13.5. The average Bonchev–Trinajstić information content (AvgIpc) is 2.86. The molecule has 0 fully saturated rings. The highest BCUT2D eigenvalue weighted by Gasteiger charge is 2.39. The molecule has 2 aromatic carbocycles. The van der Waals surface area contributed by atoms with Crippen LogP contribution in [0, 0.1) is 0 Å². The molecule has 0 spiro atoms. The van der Waals surface area contributed by atoms with Gasteiger partial charge in [-0.2, -0.15) is 0 Å². The summed E-state index contributed by atoms with van der Waals surface area (Å²) in [6, 6.07) is 9.16. The molecule has 1 amide bonds. The number of benzene rings is 2. The molecule has 0 radical (unpaired) electrons. The van der Waals surface area contributed by atoms with Crippen LogP contribution >= 0.6 is 0 Å². The summed E-state index contributed by atoms with van der Waals surface area (Å²) in [5.41, 5.74) is 2.93. The first-order chi connectivity index (χ1) is 16.4. The van der Waals surface area contributed by atoms with Crippen molar-refractivity contribution in [3.8, 4) is 28.7 Å². The highest BCUT2D eigenvalue weighted by Crippen LogP contribution is 2.47. The zero-order chi connectivity index (χ0) is 24.4. The van der Waals surface area contributed by atoms with E-state index in [1.165, 1.54) is 21.3 Å². The van der Waals surface area contributed by atoms with Gasteiger partial charge < -0.3 is 29.0 Å². The van der Waals surface area contributed by atoms with Crippen molar-refractivity contribution in [3.05, 3.63) is 52.7 Å². The maximum absolute atomic E-state index is 13.5. The molecule has 2 aliphatic rings. The van der Waals surface area contributed by atoms with E-state index >= 15 is 0 Å². The van der Waals surface area contributed by atoms with Gasteiger partial charge in [-0.1, -0.05) is 0 Å². The molecule has 180 valence electrons. The number of ketones is 1. The molecule has 1 aliphatic heterocycles. The molecular formula is C26H29NO7. The van der Waals surface area contributed by atoms with Crippen LogP contribution in [-0.4, -0.2) is 47.2 Å². The summed E-state index contributed by atoms with van der Waals surface area (Å²) >= 11 is 0. The van der Waals surface area contributed by atoms with Gasteiger partial charge in [0, 0.05) is 41.5 Å². The minimum atomic E-state index is -0.405. The summed E-state index contributed by atoms with van der Waals surface area (Å²) < 4.78 is 27.3. The number of Topliss-reactive ketones (excluding diaryl/α,β-unsaturated/α-hetero) is 1. The van der Waals surface area contributed by atoms with Crippen LogP contribution in [0.3, 0.4) is 0 Å². The lowest BCUT2D eigenvalue weighted by molar-refractivity contribution is -0.122. The summed E-state index contributed by atoms with van der Waals surface area (Å²) in [4.78, 5) is 26.2. The number of amides is 1. The third-order valence-corrected chi connectivity index (χ3v) is 6.50. The summed E-state index contributed by atoms with van der Waals surface area (Å²) in [7, 11) is 7.81. The van der Waals surface area contributed by atoms with Crippen LogP contribution in [0.2, 0.25) is 0 Å². The molecule has 4 rings (SSSR count). The molecule has 0 saturated heterocycles. The van der Waals surface area contributed by atoms with Gasteiger partial charge >= 0.3 is 0 Å². The molecule has 0 saturated carbocycles. The van der Waals surface area contributed by atoms with Crippen LogP contribution in [0.1, 0.15) is 42.2 Å². The van der Waals surface area contributed by atoms with Crippen molar-refractivity contribution >= 4 is 11.7 Å². The van der Waals surface area contributed by atoms with Crippen LogP contribution in [0.4, 0.5) is 0 Å². The van der Waals surface area contributed by atoms with Gasteiger partial charge in [0.15, 0.2) is 17.3 Å². The van der Waals surface area contributed by atoms with Gasteiger partial charge in [-0.05, 0) is 42.3 Å². The zero-order valence-corrected chi connectivity index (χ0v) is 20.0. The Morgan fingerprint density at radius 2 is 1.44 bits per heavy atom. The predicted molar refractivity (Wildman–Crippen MR) is 125 cm³/mol. The molecular weight excluding hydrogens is 438 g/mol. The summed E-state index contributed by atoms with van der Waals surface area (Å²) in [6.07, 6.45) is 0.979. The maximum Gasteiger partial charge on any atom is 0.225 e. The second-order valence-corrected chi connectivity index (χ2v) is 8.29. The van der Waals surface area contributed by atoms with E-state index in [1.807, 2.05) is 18.2 Å². The van der Waals surface area contributed by atoms with E-state index in [0.717, 1.165) is 11.1 Å². The van der Waals surface area contributed by atoms with Crippen molar-refractivity contribution in [2.45, 2.75) is 31.1 Å². The third kappa shape index (κ3) is 4.16. The summed E-state index contributed by atoms with van der Waals surface area (Å²) in [5, 5.41) is 2.95. The fourth-order valence-corrected chi connectivity index (χ4v) is 4.93. The fraction of sp³-hybridized carbons (Fsp3) is 0.385. The number of rotatable bonds is 7. The average molecular weight is 468 g/mol. The Bertz CT molecular complexity index is 1130. The quantitative estimate of drug-likeness (QED) is 0.663. The van der Waals surface area contributed by atoms with Crippen LogP contribution in [0.15, 0.2) is 41.6 Å². The van der Waals surface area contributed by atoms with Crippen molar-refractivity contribution in [2.24, 2.45) is 0 Å². The van der Waals surface area contributed by atoms with Crippen molar-refractivity contribution < 1.29 is 33.3 Å². The number of allylic oxidation sites excluding steroid dienone is 2. The topological polar surface area (TPSA) is 92.3 Å². The normalized spacial score (nSPS) is 19.8. The highest BCUT2D eigenvalue weighted by molar-refractivity contribution is 6.02. The Morgan fingerprint density at radius 3 is 2.03 bits per heavy atom. The van der Waals surface area contributed by atoms with E-state index in [9.17, 15) is 9.59 Å². The zero-order valence-electron chi connectivity index (χ0n) is 20.0. The first kappa shape index (κ1) is 23.5.